The van der Waals surface area contributed by atoms with Crippen LogP contribution in [-0.4, -0.2) is 37.1 Å². The van der Waals surface area contributed by atoms with Crippen molar-refractivity contribution in [3.8, 4) is 0 Å². The van der Waals surface area contributed by atoms with E-state index in [1.165, 1.54) is 12.1 Å². The number of hydrogen-bond donors (Lipinski definition) is 1. The second-order valence-corrected chi connectivity index (χ2v) is 6.46. The molecule has 9 heteroatoms. The number of ether oxygens (including phenoxy) is 1. The average molecular weight is 396 g/mol. The van der Waals surface area contributed by atoms with E-state index in [0.29, 0.717) is 23.9 Å². The Balaban J connectivity index is 1.75. The molecule has 1 saturated heterocycles. The van der Waals surface area contributed by atoms with E-state index in [-0.39, 0.29) is 16.3 Å². The van der Waals surface area contributed by atoms with Crippen LogP contribution in [0.4, 0.5) is 17.1 Å². The van der Waals surface area contributed by atoms with E-state index in [1.807, 2.05) is 6.07 Å². The van der Waals surface area contributed by atoms with Gasteiger partial charge in [-0.25, -0.2) is 0 Å². The summed E-state index contributed by atoms with van der Waals surface area (Å²) < 4.78 is 5.32. The van der Waals surface area contributed by atoms with Crippen molar-refractivity contribution in [3.63, 3.8) is 0 Å². The molecular weight excluding hydrogens is 381 g/mol. The van der Waals surface area contributed by atoms with Crippen LogP contribution in [0.1, 0.15) is 10.4 Å². The van der Waals surface area contributed by atoms with Crippen LogP contribution in [0, 0.1) is 10.1 Å². The maximum atomic E-state index is 12.4. The summed E-state index contributed by atoms with van der Waals surface area (Å²) >= 11 is 12.3. The van der Waals surface area contributed by atoms with Gasteiger partial charge in [0.05, 0.1) is 39.4 Å². The molecule has 2 aromatic carbocycles. The minimum atomic E-state index is -0.572. The average Bonchev–Trinajstić information content (AvgIpc) is 2.62. The Bertz CT molecular complexity index is 854. The summed E-state index contributed by atoms with van der Waals surface area (Å²) in [6.07, 6.45) is 0. The zero-order chi connectivity index (χ0) is 18.7. The molecule has 1 N–H and O–H groups in total. The maximum Gasteiger partial charge on any atom is 0.270 e. The van der Waals surface area contributed by atoms with Crippen molar-refractivity contribution in [1.29, 1.82) is 0 Å². The molecule has 1 heterocycles. The van der Waals surface area contributed by atoms with Crippen molar-refractivity contribution in [2.24, 2.45) is 0 Å². The van der Waals surface area contributed by atoms with Crippen LogP contribution in [0.2, 0.25) is 10.0 Å². The van der Waals surface area contributed by atoms with Gasteiger partial charge in [0, 0.05) is 30.9 Å². The van der Waals surface area contributed by atoms with Crippen molar-refractivity contribution in [3.05, 3.63) is 62.1 Å². The number of carbonyl (C=O) groups excluding carboxylic acids is 1. The number of nitro benzene ring substituents is 1. The summed E-state index contributed by atoms with van der Waals surface area (Å²) in [5.74, 6) is -0.472. The lowest BCUT2D eigenvalue weighted by Crippen LogP contribution is -2.36. The topological polar surface area (TPSA) is 84.7 Å². The fourth-order valence-electron chi connectivity index (χ4n) is 2.65. The molecule has 0 radical (unpaired) electrons. The quantitative estimate of drug-likeness (QED) is 0.624. The van der Waals surface area contributed by atoms with Gasteiger partial charge in [-0.15, -0.1) is 0 Å². The van der Waals surface area contributed by atoms with Crippen LogP contribution in [0.15, 0.2) is 36.4 Å². The molecule has 0 bridgehead atoms. The zero-order valence-corrected chi connectivity index (χ0v) is 15.1. The predicted octanol–water partition coefficient (Wildman–Crippen LogP) is 3.99. The number of amides is 1. The van der Waals surface area contributed by atoms with Gasteiger partial charge >= 0.3 is 0 Å². The number of nitro groups is 1. The van der Waals surface area contributed by atoms with E-state index in [9.17, 15) is 14.9 Å². The second-order valence-electron chi connectivity index (χ2n) is 5.64. The molecule has 3 rings (SSSR count). The molecule has 2 aromatic rings. The van der Waals surface area contributed by atoms with Crippen molar-refractivity contribution in [2.45, 2.75) is 0 Å². The van der Waals surface area contributed by atoms with Crippen LogP contribution in [0.3, 0.4) is 0 Å². The van der Waals surface area contributed by atoms with Gasteiger partial charge in [0.2, 0.25) is 0 Å². The number of non-ortho nitro benzene ring substituents is 1. The molecule has 0 aliphatic carbocycles. The van der Waals surface area contributed by atoms with E-state index in [4.69, 9.17) is 27.9 Å². The molecule has 0 saturated carbocycles. The predicted molar refractivity (Wildman–Crippen MR) is 101 cm³/mol. The minimum absolute atomic E-state index is 0.00716. The molecule has 1 aliphatic heterocycles. The fraction of sp³-hybridized carbons (Fsp3) is 0.235. The highest BCUT2D eigenvalue weighted by molar-refractivity contribution is 6.35. The number of benzene rings is 2. The third kappa shape index (κ3) is 4.07. The monoisotopic (exact) mass is 395 g/mol. The molecule has 0 atom stereocenters. The molecule has 1 aliphatic rings. The number of morpholine rings is 1. The lowest BCUT2D eigenvalue weighted by molar-refractivity contribution is -0.384. The van der Waals surface area contributed by atoms with Gasteiger partial charge < -0.3 is 15.0 Å². The number of nitrogens with one attached hydrogen (secondary N) is 1. The Kier molecular flexibility index (Phi) is 5.61. The SMILES string of the molecule is O=C(Nc1ccc(N2CCOCC2)c(Cl)c1)c1ccc([N+](=O)[O-])cc1Cl. The first-order valence-corrected chi connectivity index (χ1v) is 8.59. The van der Waals surface area contributed by atoms with Crippen LogP contribution >= 0.6 is 23.2 Å². The smallest absolute Gasteiger partial charge is 0.270 e. The number of halogens is 2. The van der Waals surface area contributed by atoms with Gasteiger partial charge in [-0.2, -0.15) is 0 Å². The molecule has 0 spiro atoms. The van der Waals surface area contributed by atoms with Crippen LogP contribution < -0.4 is 10.2 Å². The summed E-state index contributed by atoms with van der Waals surface area (Å²) in [5.41, 5.74) is 1.35. The first kappa shape index (κ1) is 18.4. The molecular formula is C17H15Cl2N3O4. The molecule has 0 unspecified atom stereocenters. The maximum absolute atomic E-state index is 12.4. The van der Waals surface area contributed by atoms with Gasteiger partial charge in [-0.1, -0.05) is 23.2 Å². The first-order valence-electron chi connectivity index (χ1n) is 7.83. The Labute approximate surface area is 159 Å². The standard InChI is InChI=1S/C17H15Cl2N3O4/c18-14-10-12(22(24)25)2-3-13(14)17(23)20-11-1-4-16(15(19)9-11)21-5-7-26-8-6-21/h1-4,9-10H,5-8H2,(H,20,23). The summed E-state index contributed by atoms with van der Waals surface area (Å²) in [7, 11) is 0. The van der Waals surface area contributed by atoms with Gasteiger partial charge in [-0.3, -0.25) is 14.9 Å². The Morgan fingerprint density at radius 3 is 2.46 bits per heavy atom. The number of nitrogens with zero attached hydrogens (tertiary/aromatic N) is 2. The third-order valence-electron chi connectivity index (χ3n) is 3.97. The van der Waals surface area contributed by atoms with E-state index in [0.717, 1.165) is 24.8 Å². The van der Waals surface area contributed by atoms with E-state index in [1.54, 1.807) is 12.1 Å². The largest absolute Gasteiger partial charge is 0.378 e. The van der Waals surface area contributed by atoms with Crippen LogP contribution in [0.25, 0.3) is 0 Å². The molecule has 1 fully saturated rings. The van der Waals surface area contributed by atoms with Crippen molar-refractivity contribution < 1.29 is 14.5 Å². The molecule has 1 amide bonds. The normalized spacial score (nSPS) is 14.2. The third-order valence-corrected chi connectivity index (χ3v) is 4.58. The Hall–Kier alpha value is -2.35. The first-order chi connectivity index (χ1) is 12.5. The van der Waals surface area contributed by atoms with Gasteiger partial charge in [0.1, 0.15) is 0 Å². The lowest BCUT2D eigenvalue weighted by Gasteiger charge is -2.29. The minimum Gasteiger partial charge on any atom is -0.378 e. The number of anilines is 2. The highest BCUT2D eigenvalue weighted by atomic mass is 35.5. The lowest BCUT2D eigenvalue weighted by atomic mass is 10.2. The number of hydrogen-bond acceptors (Lipinski definition) is 5. The van der Waals surface area contributed by atoms with Crippen molar-refractivity contribution in [2.75, 3.05) is 36.5 Å². The van der Waals surface area contributed by atoms with Crippen molar-refractivity contribution >= 4 is 46.2 Å². The van der Waals surface area contributed by atoms with E-state index < -0.39 is 10.8 Å². The summed E-state index contributed by atoms with van der Waals surface area (Å²) in [4.78, 5) is 24.7. The Morgan fingerprint density at radius 1 is 1.12 bits per heavy atom. The van der Waals surface area contributed by atoms with Gasteiger partial charge in [0.15, 0.2) is 0 Å². The highest BCUT2D eigenvalue weighted by Crippen LogP contribution is 2.30. The van der Waals surface area contributed by atoms with Gasteiger partial charge in [-0.05, 0) is 24.3 Å². The van der Waals surface area contributed by atoms with Crippen molar-refractivity contribution in [1.82, 2.24) is 0 Å². The molecule has 136 valence electrons. The summed E-state index contributed by atoms with van der Waals surface area (Å²) in [6, 6.07) is 8.93. The van der Waals surface area contributed by atoms with Crippen LogP contribution in [0.5, 0.6) is 0 Å². The van der Waals surface area contributed by atoms with Gasteiger partial charge in [0.25, 0.3) is 11.6 Å². The Morgan fingerprint density at radius 2 is 1.85 bits per heavy atom. The zero-order valence-electron chi connectivity index (χ0n) is 13.6. The number of carbonyl (C=O) groups is 1. The second kappa shape index (κ2) is 7.90. The molecule has 7 nitrogen and oxygen atoms in total. The molecule has 0 aromatic heterocycles. The molecule has 26 heavy (non-hydrogen) atoms. The van der Waals surface area contributed by atoms with E-state index in [2.05, 4.69) is 10.2 Å². The summed E-state index contributed by atoms with van der Waals surface area (Å²) in [6.45, 7) is 2.80. The van der Waals surface area contributed by atoms with Crippen LogP contribution in [-0.2, 0) is 4.74 Å². The van der Waals surface area contributed by atoms with E-state index >= 15 is 0 Å². The number of rotatable bonds is 4. The summed E-state index contributed by atoms with van der Waals surface area (Å²) in [5, 5.41) is 14.0. The fourth-order valence-corrected chi connectivity index (χ4v) is 3.21. The highest BCUT2D eigenvalue weighted by Gasteiger charge is 2.17.